The molecule has 1 heterocycles. The molecule has 1 amide bonds. The van der Waals surface area contributed by atoms with Crippen molar-refractivity contribution in [3.63, 3.8) is 0 Å². The maximum Gasteiger partial charge on any atom is 0.246 e. The number of hydrogen-bond donors (Lipinski definition) is 2. The zero-order valence-electron chi connectivity index (χ0n) is 12.4. The van der Waals surface area contributed by atoms with Gasteiger partial charge in [0.1, 0.15) is 0 Å². The van der Waals surface area contributed by atoms with E-state index in [0.717, 1.165) is 24.8 Å². The van der Waals surface area contributed by atoms with Crippen LogP contribution in [0.15, 0.2) is 34.9 Å². The van der Waals surface area contributed by atoms with Crippen LogP contribution in [0.1, 0.15) is 25.2 Å². The first-order chi connectivity index (χ1) is 10.8. The summed E-state index contributed by atoms with van der Waals surface area (Å²) < 4.78 is 5.18. The number of nitrogens with one attached hydrogen (secondary N) is 1. The molecule has 3 rings (SSSR count). The van der Waals surface area contributed by atoms with Gasteiger partial charge in [0.2, 0.25) is 17.6 Å². The van der Waals surface area contributed by atoms with E-state index in [1.807, 2.05) is 30.3 Å². The number of nitrogens with two attached hydrogens (primary N) is 1. The quantitative estimate of drug-likeness (QED) is 0.877. The summed E-state index contributed by atoms with van der Waals surface area (Å²) in [5.74, 6) is 1.29. The van der Waals surface area contributed by atoms with Gasteiger partial charge in [-0.25, -0.2) is 0 Å². The Kier molecular flexibility index (Phi) is 4.48. The van der Waals surface area contributed by atoms with Crippen LogP contribution in [0.25, 0.3) is 11.4 Å². The summed E-state index contributed by atoms with van der Waals surface area (Å²) in [5.41, 5.74) is 6.61. The van der Waals surface area contributed by atoms with Crippen LogP contribution >= 0.6 is 0 Å². The van der Waals surface area contributed by atoms with Gasteiger partial charge in [-0.15, -0.1) is 0 Å². The summed E-state index contributed by atoms with van der Waals surface area (Å²) in [5, 5.41) is 6.81. The van der Waals surface area contributed by atoms with Crippen molar-refractivity contribution < 1.29 is 9.32 Å². The molecule has 6 heteroatoms. The molecule has 1 aliphatic carbocycles. The van der Waals surface area contributed by atoms with Gasteiger partial charge < -0.3 is 15.6 Å². The second-order valence-corrected chi connectivity index (χ2v) is 5.63. The third-order valence-electron chi connectivity index (χ3n) is 4.21. The Morgan fingerprint density at radius 2 is 2.14 bits per heavy atom. The molecule has 1 aromatic carbocycles. The van der Waals surface area contributed by atoms with Gasteiger partial charge in [-0.1, -0.05) is 41.9 Å². The number of hydrogen-bond acceptors (Lipinski definition) is 5. The topological polar surface area (TPSA) is 94.0 Å². The van der Waals surface area contributed by atoms with E-state index in [1.54, 1.807) is 0 Å². The molecule has 1 aliphatic rings. The lowest BCUT2D eigenvalue weighted by Crippen LogP contribution is -2.34. The number of amides is 1. The predicted molar refractivity (Wildman–Crippen MR) is 81.5 cm³/mol. The first kappa shape index (κ1) is 14.7. The van der Waals surface area contributed by atoms with Crippen LogP contribution in [-0.2, 0) is 11.3 Å². The van der Waals surface area contributed by atoms with Gasteiger partial charge in [0.15, 0.2) is 0 Å². The molecular weight excluding hydrogens is 280 g/mol. The summed E-state index contributed by atoms with van der Waals surface area (Å²) >= 11 is 0. The fraction of sp³-hybridized carbons (Fsp3) is 0.438. The van der Waals surface area contributed by atoms with Crippen molar-refractivity contribution in [2.45, 2.75) is 25.8 Å². The van der Waals surface area contributed by atoms with Gasteiger partial charge in [-0.05, 0) is 25.3 Å². The number of benzene rings is 1. The van der Waals surface area contributed by atoms with Gasteiger partial charge in [-0.2, -0.15) is 4.98 Å². The molecule has 1 aromatic heterocycles. The lowest BCUT2D eigenvalue weighted by molar-refractivity contribution is -0.126. The van der Waals surface area contributed by atoms with E-state index in [1.165, 1.54) is 0 Å². The van der Waals surface area contributed by atoms with Crippen molar-refractivity contribution in [1.82, 2.24) is 15.5 Å². The van der Waals surface area contributed by atoms with Crippen molar-refractivity contribution in [3.8, 4) is 11.4 Å². The second kappa shape index (κ2) is 6.70. The standard InChI is InChI=1S/C16H20N4O2/c17-9-12-7-4-8-13(12)16(21)18-10-14-19-15(20-22-14)11-5-2-1-3-6-11/h1-3,5-6,12-13H,4,7-10,17H2,(H,18,21)/t12-,13-/m1/s1. The van der Waals surface area contributed by atoms with Gasteiger partial charge >= 0.3 is 0 Å². The molecule has 2 aromatic rings. The first-order valence-electron chi connectivity index (χ1n) is 7.63. The van der Waals surface area contributed by atoms with Gasteiger partial charge in [0.25, 0.3) is 0 Å². The van der Waals surface area contributed by atoms with E-state index in [-0.39, 0.29) is 18.4 Å². The Balaban J connectivity index is 1.58. The normalized spacial score (nSPS) is 21.0. The van der Waals surface area contributed by atoms with Crippen molar-refractivity contribution in [3.05, 3.63) is 36.2 Å². The minimum absolute atomic E-state index is 0.0153. The van der Waals surface area contributed by atoms with Crippen LogP contribution in [0.5, 0.6) is 0 Å². The zero-order chi connectivity index (χ0) is 15.4. The predicted octanol–water partition coefficient (Wildman–Crippen LogP) is 1.73. The Hall–Kier alpha value is -2.21. The number of carbonyl (C=O) groups is 1. The third kappa shape index (κ3) is 3.17. The summed E-state index contributed by atoms with van der Waals surface area (Å²) in [6.45, 7) is 0.823. The minimum atomic E-state index is 0.0153. The monoisotopic (exact) mass is 300 g/mol. The lowest BCUT2D eigenvalue weighted by atomic mass is 9.95. The van der Waals surface area contributed by atoms with Gasteiger partial charge in [0, 0.05) is 11.5 Å². The molecule has 116 valence electrons. The van der Waals surface area contributed by atoms with Gasteiger partial charge in [0.05, 0.1) is 6.54 Å². The molecule has 0 aliphatic heterocycles. The highest BCUT2D eigenvalue weighted by molar-refractivity contribution is 5.79. The lowest BCUT2D eigenvalue weighted by Gasteiger charge is -2.16. The fourth-order valence-electron chi connectivity index (χ4n) is 2.99. The first-order valence-corrected chi connectivity index (χ1v) is 7.63. The van der Waals surface area contributed by atoms with Crippen LogP contribution in [0.2, 0.25) is 0 Å². The largest absolute Gasteiger partial charge is 0.347 e. The summed E-state index contributed by atoms with van der Waals surface area (Å²) in [6, 6.07) is 9.59. The van der Waals surface area contributed by atoms with Crippen molar-refractivity contribution >= 4 is 5.91 Å². The number of aromatic nitrogens is 2. The Morgan fingerprint density at radius 3 is 2.91 bits per heavy atom. The molecule has 0 radical (unpaired) electrons. The van der Waals surface area contributed by atoms with Crippen molar-refractivity contribution in [2.75, 3.05) is 6.54 Å². The van der Waals surface area contributed by atoms with Crippen LogP contribution in [0.4, 0.5) is 0 Å². The second-order valence-electron chi connectivity index (χ2n) is 5.63. The number of rotatable bonds is 5. The maximum atomic E-state index is 12.2. The van der Waals surface area contributed by atoms with E-state index >= 15 is 0 Å². The van der Waals surface area contributed by atoms with E-state index < -0.39 is 0 Å². The molecule has 0 unspecified atom stereocenters. The average Bonchev–Trinajstić information content (AvgIpc) is 3.22. The van der Waals surface area contributed by atoms with Crippen molar-refractivity contribution in [2.24, 2.45) is 17.6 Å². The average molecular weight is 300 g/mol. The van der Waals surface area contributed by atoms with E-state index in [2.05, 4.69) is 15.5 Å². The molecule has 2 atom stereocenters. The molecule has 0 saturated heterocycles. The molecular formula is C16H20N4O2. The minimum Gasteiger partial charge on any atom is -0.347 e. The molecule has 22 heavy (non-hydrogen) atoms. The highest BCUT2D eigenvalue weighted by Crippen LogP contribution is 2.31. The molecule has 0 spiro atoms. The van der Waals surface area contributed by atoms with Crippen LogP contribution in [-0.4, -0.2) is 22.6 Å². The summed E-state index contributed by atoms with van der Waals surface area (Å²) in [7, 11) is 0. The molecule has 6 nitrogen and oxygen atoms in total. The van der Waals surface area contributed by atoms with Crippen LogP contribution in [0, 0.1) is 11.8 Å². The highest BCUT2D eigenvalue weighted by Gasteiger charge is 2.31. The van der Waals surface area contributed by atoms with Crippen LogP contribution < -0.4 is 11.1 Å². The smallest absolute Gasteiger partial charge is 0.246 e. The zero-order valence-corrected chi connectivity index (χ0v) is 12.4. The van der Waals surface area contributed by atoms with E-state index in [4.69, 9.17) is 10.3 Å². The summed E-state index contributed by atoms with van der Waals surface area (Å²) in [6.07, 6.45) is 3.01. The Bertz CT molecular complexity index is 626. The molecule has 1 fully saturated rings. The number of nitrogens with zero attached hydrogens (tertiary/aromatic N) is 2. The van der Waals surface area contributed by atoms with Crippen molar-refractivity contribution in [1.29, 1.82) is 0 Å². The van der Waals surface area contributed by atoms with E-state index in [0.29, 0.717) is 24.2 Å². The SMILES string of the molecule is NC[C@H]1CCC[C@H]1C(=O)NCc1nc(-c2ccccc2)no1. The molecule has 1 saturated carbocycles. The highest BCUT2D eigenvalue weighted by atomic mass is 16.5. The van der Waals surface area contributed by atoms with E-state index in [9.17, 15) is 4.79 Å². The molecule has 0 bridgehead atoms. The fourth-order valence-corrected chi connectivity index (χ4v) is 2.99. The van der Waals surface area contributed by atoms with Gasteiger partial charge in [-0.3, -0.25) is 4.79 Å². The number of carbonyl (C=O) groups excluding carboxylic acids is 1. The Labute approximate surface area is 129 Å². The van der Waals surface area contributed by atoms with Crippen LogP contribution in [0.3, 0.4) is 0 Å². The summed E-state index contributed by atoms with van der Waals surface area (Å²) in [4.78, 5) is 16.5. The Morgan fingerprint density at radius 1 is 1.32 bits per heavy atom. The maximum absolute atomic E-state index is 12.2. The third-order valence-corrected chi connectivity index (χ3v) is 4.21. The molecule has 3 N–H and O–H groups in total.